The van der Waals surface area contributed by atoms with Gasteiger partial charge in [0.2, 0.25) is 0 Å². The average Bonchev–Trinajstić information content (AvgIpc) is 2.32. The number of hydrogen-bond acceptors (Lipinski definition) is 3. The predicted molar refractivity (Wildman–Crippen MR) is 73.4 cm³/mol. The summed E-state index contributed by atoms with van der Waals surface area (Å²) in [6, 6.07) is 1.48. The van der Waals surface area contributed by atoms with Crippen molar-refractivity contribution in [1.29, 1.82) is 0 Å². The van der Waals surface area contributed by atoms with Gasteiger partial charge in [0.1, 0.15) is 0 Å². The lowest BCUT2D eigenvalue weighted by molar-refractivity contribution is -0.000623. The molecule has 1 saturated carbocycles. The van der Waals surface area contributed by atoms with Crippen LogP contribution in [0.3, 0.4) is 0 Å². The molecule has 2 atom stereocenters. The Morgan fingerprint density at radius 1 is 1.12 bits per heavy atom. The van der Waals surface area contributed by atoms with Gasteiger partial charge in [0.15, 0.2) is 0 Å². The van der Waals surface area contributed by atoms with E-state index in [0.717, 1.165) is 6.04 Å². The van der Waals surface area contributed by atoms with E-state index in [2.05, 4.69) is 43.1 Å². The van der Waals surface area contributed by atoms with Gasteiger partial charge in [-0.2, -0.15) is 0 Å². The van der Waals surface area contributed by atoms with E-state index in [-0.39, 0.29) is 0 Å². The van der Waals surface area contributed by atoms with Crippen LogP contribution in [0.15, 0.2) is 0 Å². The zero-order valence-corrected chi connectivity index (χ0v) is 12.0. The highest BCUT2D eigenvalue weighted by atomic mass is 15.3. The third kappa shape index (κ3) is 2.83. The zero-order chi connectivity index (χ0) is 12.5. The minimum atomic E-state index is 0.327. The van der Waals surface area contributed by atoms with Crippen LogP contribution >= 0.6 is 0 Å². The lowest BCUT2D eigenvalue weighted by Gasteiger charge is -2.50. The van der Waals surface area contributed by atoms with Gasteiger partial charge in [-0.3, -0.25) is 9.80 Å². The maximum atomic E-state index is 3.53. The minimum absolute atomic E-state index is 0.327. The van der Waals surface area contributed by atoms with Crippen LogP contribution < -0.4 is 5.32 Å². The Bertz CT molecular complexity index is 252. The maximum absolute atomic E-state index is 3.53. The van der Waals surface area contributed by atoms with Crippen molar-refractivity contribution in [1.82, 2.24) is 15.1 Å². The molecule has 1 N–H and O–H groups in total. The summed E-state index contributed by atoms with van der Waals surface area (Å²) in [5.74, 6) is 0. The predicted octanol–water partition coefficient (Wildman–Crippen LogP) is 1.54. The highest BCUT2D eigenvalue weighted by Gasteiger charge is 2.37. The number of nitrogens with one attached hydrogen (secondary N) is 1. The van der Waals surface area contributed by atoms with Gasteiger partial charge in [-0.1, -0.05) is 12.8 Å². The van der Waals surface area contributed by atoms with Crippen molar-refractivity contribution in [3.63, 3.8) is 0 Å². The molecule has 1 saturated heterocycles. The topological polar surface area (TPSA) is 18.5 Å². The second-order valence-electron chi connectivity index (χ2n) is 6.45. The van der Waals surface area contributed by atoms with Crippen molar-refractivity contribution >= 4 is 0 Å². The number of nitrogens with zero attached hydrogens (tertiary/aromatic N) is 2. The minimum Gasteiger partial charge on any atom is -0.315 e. The van der Waals surface area contributed by atoms with Crippen LogP contribution in [-0.4, -0.2) is 61.2 Å². The van der Waals surface area contributed by atoms with Crippen LogP contribution in [0, 0.1) is 0 Å². The SMILES string of the molecule is CNC1CCCCC1N1CCN(C)C(C)(C)C1. The van der Waals surface area contributed by atoms with E-state index in [1.807, 2.05) is 0 Å². The number of hydrogen-bond donors (Lipinski definition) is 1. The summed E-state index contributed by atoms with van der Waals surface area (Å²) >= 11 is 0. The van der Waals surface area contributed by atoms with Crippen molar-refractivity contribution in [3.05, 3.63) is 0 Å². The Kier molecular flexibility index (Phi) is 4.11. The second-order valence-corrected chi connectivity index (χ2v) is 6.45. The Morgan fingerprint density at radius 2 is 1.82 bits per heavy atom. The fourth-order valence-electron chi connectivity index (χ4n) is 3.45. The molecule has 0 amide bonds. The van der Waals surface area contributed by atoms with Crippen molar-refractivity contribution in [2.45, 2.75) is 57.2 Å². The van der Waals surface area contributed by atoms with E-state index < -0.39 is 0 Å². The fourth-order valence-corrected chi connectivity index (χ4v) is 3.45. The molecule has 1 heterocycles. The number of rotatable bonds is 2. The van der Waals surface area contributed by atoms with E-state index in [1.54, 1.807) is 0 Å². The first kappa shape index (κ1) is 13.3. The van der Waals surface area contributed by atoms with Crippen LogP contribution in [0.1, 0.15) is 39.5 Å². The fraction of sp³-hybridized carbons (Fsp3) is 1.00. The molecule has 3 heteroatoms. The van der Waals surface area contributed by atoms with Crippen LogP contribution in [0.4, 0.5) is 0 Å². The van der Waals surface area contributed by atoms with E-state index >= 15 is 0 Å². The van der Waals surface area contributed by atoms with Gasteiger partial charge in [0, 0.05) is 37.3 Å². The van der Waals surface area contributed by atoms with Crippen LogP contribution in [0.2, 0.25) is 0 Å². The van der Waals surface area contributed by atoms with Gasteiger partial charge in [-0.25, -0.2) is 0 Å². The first-order valence-corrected chi connectivity index (χ1v) is 7.17. The summed E-state index contributed by atoms with van der Waals surface area (Å²) in [7, 11) is 4.39. The van der Waals surface area contributed by atoms with Gasteiger partial charge in [0.05, 0.1) is 0 Å². The monoisotopic (exact) mass is 239 g/mol. The van der Waals surface area contributed by atoms with Crippen molar-refractivity contribution in [2.75, 3.05) is 33.7 Å². The first-order valence-electron chi connectivity index (χ1n) is 7.17. The largest absolute Gasteiger partial charge is 0.315 e. The van der Waals surface area contributed by atoms with E-state index in [0.29, 0.717) is 11.6 Å². The van der Waals surface area contributed by atoms with Crippen molar-refractivity contribution in [3.8, 4) is 0 Å². The Morgan fingerprint density at radius 3 is 2.47 bits per heavy atom. The molecule has 0 aromatic heterocycles. The first-order chi connectivity index (χ1) is 8.04. The maximum Gasteiger partial charge on any atom is 0.0277 e. The lowest BCUT2D eigenvalue weighted by Crippen LogP contribution is -2.63. The normalized spacial score (nSPS) is 36.0. The molecule has 2 fully saturated rings. The van der Waals surface area contributed by atoms with Gasteiger partial charge >= 0.3 is 0 Å². The lowest BCUT2D eigenvalue weighted by atomic mass is 9.87. The molecule has 0 aromatic rings. The van der Waals surface area contributed by atoms with Crippen molar-refractivity contribution in [2.24, 2.45) is 0 Å². The molecule has 2 aliphatic rings. The molecule has 17 heavy (non-hydrogen) atoms. The van der Waals surface area contributed by atoms with E-state index in [1.165, 1.54) is 45.3 Å². The molecule has 0 aromatic carbocycles. The third-order valence-corrected chi connectivity index (χ3v) is 4.92. The quantitative estimate of drug-likeness (QED) is 0.788. The Balaban J connectivity index is 2.01. The highest BCUT2D eigenvalue weighted by molar-refractivity contribution is 4.95. The molecule has 0 radical (unpaired) electrons. The molecule has 0 spiro atoms. The van der Waals surface area contributed by atoms with Gasteiger partial charge < -0.3 is 5.32 Å². The average molecular weight is 239 g/mol. The summed E-state index contributed by atoms with van der Waals surface area (Å²) in [4.78, 5) is 5.24. The molecule has 2 unspecified atom stereocenters. The van der Waals surface area contributed by atoms with Crippen LogP contribution in [0.5, 0.6) is 0 Å². The van der Waals surface area contributed by atoms with Crippen molar-refractivity contribution < 1.29 is 0 Å². The van der Waals surface area contributed by atoms with Gasteiger partial charge in [-0.15, -0.1) is 0 Å². The van der Waals surface area contributed by atoms with E-state index in [9.17, 15) is 0 Å². The molecule has 2 rings (SSSR count). The van der Waals surface area contributed by atoms with Crippen LogP contribution in [-0.2, 0) is 0 Å². The second kappa shape index (κ2) is 5.25. The zero-order valence-electron chi connectivity index (χ0n) is 12.0. The third-order valence-electron chi connectivity index (χ3n) is 4.92. The Hall–Kier alpha value is -0.120. The molecule has 3 nitrogen and oxygen atoms in total. The molecular weight excluding hydrogens is 210 g/mol. The summed E-state index contributed by atoms with van der Waals surface area (Å²) in [6.07, 6.45) is 5.55. The standard InChI is InChI=1S/C14H29N3/c1-14(2)11-17(10-9-16(14)4)13-8-6-5-7-12(13)15-3/h12-13,15H,5-11H2,1-4H3. The summed E-state index contributed by atoms with van der Waals surface area (Å²) in [6.45, 7) is 8.40. The smallest absolute Gasteiger partial charge is 0.0277 e. The summed E-state index contributed by atoms with van der Waals surface area (Å²) in [5, 5.41) is 3.53. The molecule has 100 valence electrons. The van der Waals surface area contributed by atoms with Gasteiger partial charge in [-0.05, 0) is 40.8 Å². The number of piperazine rings is 1. The molecule has 1 aliphatic heterocycles. The Labute approximate surface area is 107 Å². The summed E-state index contributed by atoms with van der Waals surface area (Å²) in [5.41, 5.74) is 0.327. The number of likely N-dealkylation sites (N-methyl/N-ethyl adjacent to an activating group) is 2. The summed E-state index contributed by atoms with van der Waals surface area (Å²) < 4.78 is 0. The molecule has 0 bridgehead atoms. The molecular formula is C14H29N3. The molecule has 1 aliphatic carbocycles. The highest BCUT2D eigenvalue weighted by Crippen LogP contribution is 2.27. The van der Waals surface area contributed by atoms with Gasteiger partial charge in [0.25, 0.3) is 0 Å². The van der Waals surface area contributed by atoms with E-state index in [4.69, 9.17) is 0 Å². The van der Waals surface area contributed by atoms with Crippen LogP contribution in [0.25, 0.3) is 0 Å².